The van der Waals surface area contributed by atoms with Crippen molar-refractivity contribution in [2.24, 2.45) is 0 Å². The van der Waals surface area contributed by atoms with Crippen molar-refractivity contribution in [3.05, 3.63) is 29.4 Å². The molecule has 0 aromatic carbocycles. The number of thiol groups is 1. The lowest BCUT2D eigenvalue weighted by Crippen LogP contribution is -2.11. The summed E-state index contributed by atoms with van der Waals surface area (Å²) in [5, 5.41) is 10.3. The third-order valence-electron chi connectivity index (χ3n) is 1.94. The van der Waals surface area contributed by atoms with Crippen LogP contribution >= 0.6 is 10.9 Å². The standard InChI is InChI=1S/C10H13O3S/c1-7(6-10(12)13)14-5-3-4-9(14)8(2)11/h3-5,7,14H,1,6H2,2H3,(H,12,13). The molecule has 4 heteroatoms. The molecule has 1 N–H and O–H groups in total. The van der Waals surface area contributed by atoms with E-state index in [0.29, 0.717) is 0 Å². The van der Waals surface area contributed by atoms with E-state index >= 15 is 0 Å². The molecule has 3 nitrogen and oxygen atoms in total. The Hall–Kier alpha value is -1.03. The molecular formula is C10H13O3S. The van der Waals surface area contributed by atoms with Gasteiger partial charge in [0.05, 0.1) is 6.42 Å². The number of aliphatic carboxylic acids is 1. The van der Waals surface area contributed by atoms with Crippen LogP contribution in [-0.2, 0) is 9.59 Å². The van der Waals surface area contributed by atoms with Gasteiger partial charge in [-0.15, -0.1) is 0 Å². The number of carbonyl (C=O) groups excluding carboxylic acids is 1. The Labute approximate surface area is 85.8 Å². The molecule has 0 spiro atoms. The summed E-state index contributed by atoms with van der Waals surface area (Å²) in [6.07, 6.45) is 3.58. The molecule has 1 rings (SSSR count). The Morgan fingerprint density at radius 2 is 2.29 bits per heavy atom. The zero-order valence-corrected chi connectivity index (χ0v) is 8.83. The van der Waals surface area contributed by atoms with E-state index in [4.69, 9.17) is 5.11 Å². The zero-order valence-electron chi connectivity index (χ0n) is 7.93. The minimum absolute atomic E-state index is 0.0140. The molecular weight excluding hydrogens is 200 g/mol. The molecule has 0 saturated carbocycles. The molecule has 0 aliphatic carbocycles. The Bertz CT molecular complexity index is 317. The Balaban J connectivity index is 2.69. The topological polar surface area (TPSA) is 54.4 Å². The molecule has 0 aromatic rings. The largest absolute Gasteiger partial charge is 0.481 e. The number of allylic oxidation sites excluding steroid dienone is 3. The highest BCUT2D eigenvalue weighted by molar-refractivity contribution is 8.24. The van der Waals surface area contributed by atoms with E-state index in [1.807, 2.05) is 11.5 Å². The molecule has 77 valence electrons. The number of hydrogen-bond donors (Lipinski definition) is 2. The normalized spacial score (nSPS) is 24.4. The maximum Gasteiger partial charge on any atom is 0.304 e. The van der Waals surface area contributed by atoms with Crippen LogP contribution in [0.25, 0.3) is 0 Å². The van der Waals surface area contributed by atoms with Gasteiger partial charge in [0.2, 0.25) is 0 Å². The molecule has 0 fully saturated rings. The van der Waals surface area contributed by atoms with Crippen molar-refractivity contribution in [2.75, 3.05) is 0 Å². The van der Waals surface area contributed by atoms with E-state index < -0.39 is 16.9 Å². The summed E-state index contributed by atoms with van der Waals surface area (Å²) in [4.78, 5) is 22.4. The molecule has 1 heterocycles. The van der Waals surface area contributed by atoms with Crippen LogP contribution in [-0.4, -0.2) is 22.1 Å². The molecule has 2 unspecified atom stereocenters. The SMILES string of the molecule is [CH2]C(CC(=O)O)[SH]1C=CC=C1C(C)=O. The van der Waals surface area contributed by atoms with Crippen molar-refractivity contribution in [1.29, 1.82) is 0 Å². The summed E-state index contributed by atoms with van der Waals surface area (Å²) >= 11 is 0. The highest BCUT2D eigenvalue weighted by Gasteiger charge is 2.22. The van der Waals surface area contributed by atoms with Crippen molar-refractivity contribution in [1.82, 2.24) is 0 Å². The second-order valence-electron chi connectivity index (χ2n) is 3.11. The Morgan fingerprint density at radius 3 is 2.79 bits per heavy atom. The van der Waals surface area contributed by atoms with Gasteiger partial charge in [-0.05, 0) is 25.3 Å². The number of carboxylic acid groups (broad SMARTS) is 1. The predicted molar refractivity (Wildman–Crippen MR) is 58.3 cm³/mol. The summed E-state index contributed by atoms with van der Waals surface area (Å²) in [6, 6.07) is 0. The van der Waals surface area contributed by atoms with Crippen LogP contribution in [0, 0.1) is 6.92 Å². The number of carboxylic acids is 1. The maximum absolute atomic E-state index is 11.2. The number of rotatable bonds is 4. The first-order chi connectivity index (χ1) is 6.52. The third kappa shape index (κ3) is 2.48. The fourth-order valence-corrected chi connectivity index (χ4v) is 3.35. The van der Waals surface area contributed by atoms with Gasteiger partial charge in [0.15, 0.2) is 5.78 Å². The first kappa shape index (κ1) is 11.0. The Kier molecular flexibility index (Phi) is 3.52. The molecule has 0 bridgehead atoms. The molecule has 1 radical (unpaired) electrons. The van der Waals surface area contributed by atoms with Gasteiger partial charge in [0.25, 0.3) is 0 Å². The highest BCUT2D eigenvalue weighted by atomic mass is 32.2. The van der Waals surface area contributed by atoms with E-state index in [2.05, 4.69) is 6.92 Å². The van der Waals surface area contributed by atoms with Crippen molar-refractivity contribution in [2.45, 2.75) is 18.6 Å². The van der Waals surface area contributed by atoms with Gasteiger partial charge in [0.1, 0.15) is 0 Å². The number of Topliss-reactive ketones (excluding diaryl/α,β-unsaturated/α-hetero) is 1. The van der Waals surface area contributed by atoms with Crippen LogP contribution < -0.4 is 0 Å². The van der Waals surface area contributed by atoms with E-state index in [1.165, 1.54) is 6.92 Å². The summed E-state index contributed by atoms with van der Waals surface area (Å²) in [5.74, 6) is -0.851. The second-order valence-corrected chi connectivity index (χ2v) is 5.43. The molecule has 2 atom stereocenters. The molecule has 0 amide bonds. The fourth-order valence-electron chi connectivity index (χ4n) is 1.31. The monoisotopic (exact) mass is 213 g/mol. The smallest absolute Gasteiger partial charge is 0.304 e. The molecule has 1 aliphatic rings. The van der Waals surface area contributed by atoms with Crippen molar-refractivity contribution in [3.63, 3.8) is 0 Å². The highest BCUT2D eigenvalue weighted by Crippen LogP contribution is 2.46. The molecule has 0 aromatic heterocycles. The molecule has 0 saturated heterocycles. The quantitative estimate of drug-likeness (QED) is 0.698. The van der Waals surface area contributed by atoms with E-state index in [-0.39, 0.29) is 17.5 Å². The average molecular weight is 213 g/mol. The van der Waals surface area contributed by atoms with E-state index in [1.54, 1.807) is 6.08 Å². The van der Waals surface area contributed by atoms with Gasteiger partial charge in [-0.1, -0.05) is 6.08 Å². The maximum atomic E-state index is 11.2. The predicted octanol–water partition coefficient (Wildman–Crippen LogP) is 1.67. The lowest BCUT2D eigenvalue weighted by atomic mass is 10.3. The Morgan fingerprint density at radius 1 is 1.64 bits per heavy atom. The van der Waals surface area contributed by atoms with Crippen LogP contribution in [0.5, 0.6) is 0 Å². The minimum Gasteiger partial charge on any atom is -0.481 e. The van der Waals surface area contributed by atoms with Crippen LogP contribution in [0.2, 0.25) is 0 Å². The van der Waals surface area contributed by atoms with Gasteiger partial charge < -0.3 is 5.11 Å². The van der Waals surface area contributed by atoms with Gasteiger partial charge in [-0.2, -0.15) is 10.9 Å². The summed E-state index contributed by atoms with van der Waals surface area (Å²) in [5.41, 5.74) is 0. The summed E-state index contributed by atoms with van der Waals surface area (Å²) < 4.78 is 0. The first-order valence-electron chi connectivity index (χ1n) is 4.25. The fraction of sp³-hybridized carbons (Fsp3) is 0.300. The van der Waals surface area contributed by atoms with Gasteiger partial charge in [-0.3, -0.25) is 9.59 Å². The van der Waals surface area contributed by atoms with Gasteiger partial charge >= 0.3 is 5.97 Å². The lowest BCUT2D eigenvalue weighted by molar-refractivity contribution is -0.136. The summed E-state index contributed by atoms with van der Waals surface area (Å²) in [6.45, 7) is 5.30. The minimum atomic E-state index is -0.865. The van der Waals surface area contributed by atoms with Crippen LogP contribution in [0.4, 0.5) is 0 Å². The van der Waals surface area contributed by atoms with E-state index in [9.17, 15) is 9.59 Å². The van der Waals surface area contributed by atoms with Crippen LogP contribution in [0.3, 0.4) is 0 Å². The average Bonchev–Trinajstić information content (AvgIpc) is 2.49. The third-order valence-corrected chi connectivity index (χ3v) is 4.43. The molecule has 14 heavy (non-hydrogen) atoms. The van der Waals surface area contributed by atoms with Gasteiger partial charge in [0, 0.05) is 10.2 Å². The zero-order chi connectivity index (χ0) is 10.7. The van der Waals surface area contributed by atoms with Crippen LogP contribution in [0.15, 0.2) is 22.5 Å². The number of ketones is 1. The second kappa shape index (κ2) is 4.46. The van der Waals surface area contributed by atoms with Crippen molar-refractivity contribution in [3.8, 4) is 0 Å². The van der Waals surface area contributed by atoms with Crippen molar-refractivity contribution >= 4 is 22.6 Å². The molecule has 1 aliphatic heterocycles. The van der Waals surface area contributed by atoms with Crippen molar-refractivity contribution < 1.29 is 14.7 Å². The summed E-state index contributed by atoms with van der Waals surface area (Å²) in [7, 11) is -0.803. The lowest BCUT2D eigenvalue weighted by Gasteiger charge is -2.22. The number of carbonyl (C=O) groups is 2. The van der Waals surface area contributed by atoms with Crippen LogP contribution in [0.1, 0.15) is 13.3 Å². The number of hydrogen-bond acceptors (Lipinski definition) is 2. The first-order valence-corrected chi connectivity index (χ1v) is 5.73. The van der Waals surface area contributed by atoms with Gasteiger partial charge in [-0.25, -0.2) is 0 Å². The van der Waals surface area contributed by atoms with E-state index in [0.717, 1.165) is 4.91 Å².